The fourth-order valence-corrected chi connectivity index (χ4v) is 0.990. The lowest BCUT2D eigenvalue weighted by Crippen LogP contribution is -1.99. The number of allylic oxidation sites excluding steroid dienone is 1. The van der Waals surface area contributed by atoms with Gasteiger partial charge in [0.2, 0.25) is 5.88 Å². The van der Waals surface area contributed by atoms with Crippen LogP contribution in [0.4, 0.5) is 0 Å². The topological polar surface area (TPSA) is 22.1 Å². The molecular formula is C12H15NO. The summed E-state index contributed by atoms with van der Waals surface area (Å²) in [5, 5.41) is 0. The number of hydrogen-bond acceptors (Lipinski definition) is 2. The molecule has 0 aliphatic heterocycles. The highest BCUT2D eigenvalue weighted by Gasteiger charge is 1.94. The average Bonchev–Trinajstić information content (AvgIpc) is 2.17. The molecule has 1 heterocycles. The molecule has 0 N–H and O–H groups in total. The molecule has 0 aliphatic carbocycles. The predicted octanol–water partition coefficient (Wildman–Crippen LogP) is 2.90. The molecule has 1 aromatic rings. The maximum Gasteiger partial charge on any atom is 0.213 e. The van der Waals surface area contributed by atoms with Crippen LogP contribution in [-0.4, -0.2) is 11.6 Å². The van der Waals surface area contributed by atoms with Crippen molar-refractivity contribution in [3.05, 3.63) is 48.2 Å². The van der Waals surface area contributed by atoms with Crippen LogP contribution in [-0.2, 0) is 0 Å². The maximum absolute atomic E-state index is 5.41. The van der Waals surface area contributed by atoms with Gasteiger partial charge in [-0.1, -0.05) is 24.8 Å². The minimum atomic E-state index is 0.487. The lowest BCUT2D eigenvalue weighted by molar-refractivity contribution is 0.342. The molecule has 0 atom stereocenters. The summed E-state index contributed by atoms with van der Waals surface area (Å²) in [6, 6.07) is 3.83. The van der Waals surface area contributed by atoms with Crippen molar-refractivity contribution >= 4 is 0 Å². The standard InChI is InChI=1S/C12H15NO/c1-4-5-11(3)9-14-12-7-6-10(2)8-13-12/h4-8H,3,9H2,1-2H3/b5-4-. The maximum atomic E-state index is 5.41. The Hall–Kier alpha value is -1.57. The first kappa shape index (κ1) is 10.5. The first-order valence-electron chi connectivity index (χ1n) is 4.58. The van der Waals surface area contributed by atoms with Crippen molar-refractivity contribution in [2.75, 3.05) is 6.61 Å². The molecule has 1 rings (SSSR count). The van der Waals surface area contributed by atoms with Gasteiger partial charge >= 0.3 is 0 Å². The first-order valence-corrected chi connectivity index (χ1v) is 4.58. The van der Waals surface area contributed by atoms with E-state index in [1.54, 1.807) is 6.20 Å². The van der Waals surface area contributed by atoms with E-state index in [9.17, 15) is 0 Å². The molecule has 2 nitrogen and oxygen atoms in total. The van der Waals surface area contributed by atoms with Crippen LogP contribution in [0.3, 0.4) is 0 Å². The fraction of sp³-hybridized carbons (Fsp3) is 0.250. The van der Waals surface area contributed by atoms with Gasteiger partial charge in [-0.2, -0.15) is 0 Å². The van der Waals surface area contributed by atoms with Crippen LogP contribution in [0, 0.1) is 6.92 Å². The molecule has 0 aliphatic rings. The van der Waals surface area contributed by atoms with Crippen LogP contribution < -0.4 is 4.74 Å². The van der Waals surface area contributed by atoms with Crippen molar-refractivity contribution in [3.8, 4) is 5.88 Å². The summed E-state index contributed by atoms with van der Waals surface area (Å²) in [6.45, 7) is 8.27. The quantitative estimate of drug-likeness (QED) is 0.679. The second-order valence-corrected chi connectivity index (χ2v) is 3.12. The number of aromatic nitrogens is 1. The summed E-state index contributed by atoms with van der Waals surface area (Å²) in [5.74, 6) is 0.640. The Morgan fingerprint density at radius 2 is 2.36 bits per heavy atom. The minimum Gasteiger partial charge on any atom is -0.473 e. The Labute approximate surface area is 84.9 Å². The summed E-state index contributed by atoms with van der Waals surface area (Å²) in [6.07, 6.45) is 5.65. The summed E-state index contributed by atoms with van der Waals surface area (Å²) >= 11 is 0. The molecule has 2 heteroatoms. The molecule has 0 amide bonds. The Kier molecular flexibility index (Phi) is 3.92. The van der Waals surface area contributed by atoms with E-state index in [-0.39, 0.29) is 0 Å². The summed E-state index contributed by atoms with van der Waals surface area (Å²) in [7, 11) is 0. The molecule has 0 saturated carbocycles. The summed E-state index contributed by atoms with van der Waals surface area (Å²) < 4.78 is 5.41. The van der Waals surface area contributed by atoms with E-state index in [2.05, 4.69) is 11.6 Å². The van der Waals surface area contributed by atoms with Crippen molar-refractivity contribution in [1.29, 1.82) is 0 Å². The smallest absolute Gasteiger partial charge is 0.213 e. The fourth-order valence-electron chi connectivity index (χ4n) is 0.990. The molecule has 0 bridgehead atoms. The van der Waals surface area contributed by atoms with Crippen LogP contribution in [0.1, 0.15) is 12.5 Å². The summed E-state index contributed by atoms with van der Waals surface area (Å²) in [4.78, 5) is 4.12. The molecule has 0 radical (unpaired) electrons. The van der Waals surface area contributed by atoms with Crippen molar-refractivity contribution < 1.29 is 4.74 Å². The van der Waals surface area contributed by atoms with Crippen molar-refractivity contribution in [3.63, 3.8) is 0 Å². The van der Waals surface area contributed by atoms with E-state index >= 15 is 0 Å². The Bertz CT molecular complexity index is 325. The van der Waals surface area contributed by atoms with Crippen LogP contribution in [0.2, 0.25) is 0 Å². The number of pyridine rings is 1. The highest BCUT2D eigenvalue weighted by molar-refractivity contribution is 5.19. The number of rotatable bonds is 4. The highest BCUT2D eigenvalue weighted by Crippen LogP contribution is 2.07. The van der Waals surface area contributed by atoms with Gasteiger partial charge in [0.1, 0.15) is 6.61 Å². The van der Waals surface area contributed by atoms with E-state index in [1.807, 2.05) is 38.1 Å². The van der Waals surface area contributed by atoms with E-state index < -0.39 is 0 Å². The molecule has 74 valence electrons. The van der Waals surface area contributed by atoms with E-state index in [4.69, 9.17) is 4.74 Å². The van der Waals surface area contributed by atoms with E-state index in [0.29, 0.717) is 12.5 Å². The largest absolute Gasteiger partial charge is 0.473 e. The Balaban J connectivity index is 2.46. The van der Waals surface area contributed by atoms with Crippen LogP contribution >= 0.6 is 0 Å². The van der Waals surface area contributed by atoms with Gasteiger partial charge in [0.15, 0.2) is 0 Å². The van der Waals surface area contributed by atoms with Crippen LogP contribution in [0.5, 0.6) is 5.88 Å². The zero-order chi connectivity index (χ0) is 10.4. The second-order valence-electron chi connectivity index (χ2n) is 3.12. The van der Waals surface area contributed by atoms with E-state index in [1.165, 1.54) is 0 Å². The molecule has 0 unspecified atom stereocenters. The first-order chi connectivity index (χ1) is 6.72. The lowest BCUT2D eigenvalue weighted by atomic mass is 10.3. The van der Waals surface area contributed by atoms with Gasteiger partial charge in [-0.3, -0.25) is 0 Å². The third-order valence-electron chi connectivity index (χ3n) is 1.69. The van der Waals surface area contributed by atoms with Crippen molar-refractivity contribution in [2.45, 2.75) is 13.8 Å². The molecule has 0 aromatic carbocycles. The van der Waals surface area contributed by atoms with Crippen molar-refractivity contribution in [1.82, 2.24) is 4.98 Å². The SMILES string of the molecule is C=C(/C=C\C)COc1ccc(C)cn1. The Morgan fingerprint density at radius 1 is 1.57 bits per heavy atom. The van der Waals surface area contributed by atoms with Gasteiger partial charge in [0, 0.05) is 12.3 Å². The average molecular weight is 189 g/mol. The monoisotopic (exact) mass is 189 g/mol. The van der Waals surface area contributed by atoms with Gasteiger partial charge in [0.05, 0.1) is 0 Å². The van der Waals surface area contributed by atoms with Gasteiger partial charge < -0.3 is 4.74 Å². The Morgan fingerprint density at radius 3 is 2.93 bits per heavy atom. The zero-order valence-corrected chi connectivity index (χ0v) is 8.66. The van der Waals surface area contributed by atoms with Crippen molar-refractivity contribution in [2.24, 2.45) is 0 Å². The van der Waals surface area contributed by atoms with Gasteiger partial charge in [-0.25, -0.2) is 4.98 Å². The van der Waals surface area contributed by atoms with Gasteiger partial charge in [-0.05, 0) is 25.0 Å². The molecular weight excluding hydrogens is 174 g/mol. The molecule has 0 fully saturated rings. The summed E-state index contributed by atoms with van der Waals surface area (Å²) in [5.41, 5.74) is 2.07. The highest BCUT2D eigenvalue weighted by atomic mass is 16.5. The molecule has 0 spiro atoms. The number of aryl methyl sites for hydroxylation is 1. The van der Waals surface area contributed by atoms with Crippen LogP contribution in [0.25, 0.3) is 0 Å². The van der Waals surface area contributed by atoms with Gasteiger partial charge in [-0.15, -0.1) is 0 Å². The van der Waals surface area contributed by atoms with E-state index in [0.717, 1.165) is 11.1 Å². The molecule has 1 aromatic heterocycles. The molecule has 14 heavy (non-hydrogen) atoms. The normalized spacial score (nSPS) is 10.4. The second kappa shape index (κ2) is 5.22. The number of hydrogen-bond donors (Lipinski definition) is 0. The van der Waals surface area contributed by atoms with Gasteiger partial charge in [0.25, 0.3) is 0 Å². The lowest BCUT2D eigenvalue weighted by Gasteiger charge is -2.04. The predicted molar refractivity (Wildman–Crippen MR) is 58.4 cm³/mol. The third kappa shape index (κ3) is 3.44. The number of ether oxygens (including phenoxy) is 1. The molecule has 0 saturated heterocycles. The number of nitrogens with zero attached hydrogens (tertiary/aromatic N) is 1. The minimum absolute atomic E-state index is 0.487. The zero-order valence-electron chi connectivity index (χ0n) is 8.66. The third-order valence-corrected chi connectivity index (χ3v) is 1.69. The van der Waals surface area contributed by atoms with Crippen LogP contribution in [0.15, 0.2) is 42.6 Å².